The topological polar surface area (TPSA) is 26.2 Å². The van der Waals surface area contributed by atoms with Crippen molar-refractivity contribution in [3.05, 3.63) is 23.0 Å². The van der Waals surface area contributed by atoms with Crippen molar-refractivity contribution in [1.29, 1.82) is 0 Å². The fourth-order valence-corrected chi connectivity index (χ4v) is 2.83. The van der Waals surface area contributed by atoms with Crippen molar-refractivity contribution in [1.82, 2.24) is 9.88 Å². The molecule has 2 aliphatic rings. The summed E-state index contributed by atoms with van der Waals surface area (Å²) in [5, 5.41) is 3.43. The lowest BCUT2D eigenvalue weighted by Gasteiger charge is -2.15. The zero-order valence-electron chi connectivity index (χ0n) is 9.25. The molecule has 0 bridgehead atoms. The van der Waals surface area contributed by atoms with Gasteiger partial charge in [-0.15, -0.1) is 0 Å². The number of fused-ring (bicyclic) bond motifs is 1. The third kappa shape index (κ3) is 1.50. The van der Waals surface area contributed by atoms with Gasteiger partial charge in [-0.2, -0.15) is 0 Å². The number of hydrogen-bond donors (Lipinski definition) is 1. The van der Waals surface area contributed by atoms with E-state index in [4.69, 9.17) is 4.74 Å². The van der Waals surface area contributed by atoms with Gasteiger partial charge in [-0.3, -0.25) is 0 Å². The molecule has 1 aromatic rings. The highest BCUT2D eigenvalue weighted by atomic mass is 16.5. The van der Waals surface area contributed by atoms with Gasteiger partial charge in [-0.1, -0.05) is 0 Å². The number of nitrogens with zero attached hydrogens (tertiary/aromatic N) is 1. The lowest BCUT2D eigenvalue weighted by Crippen LogP contribution is -2.13. The summed E-state index contributed by atoms with van der Waals surface area (Å²) in [4.78, 5) is 0. The van der Waals surface area contributed by atoms with E-state index >= 15 is 0 Å². The van der Waals surface area contributed by atoms with Gasteiger partial charge in [0.05, 0.1) is 13.2 Å². The third-order valence-corrected chi connectivity index (χ3v) is 3.70. The van der Waals surface area contributed by atoms with Crippen molar-refractivity contribution < 1.29 is 4.74 Å². The molecule has 3 nitrogen and oxygen atoms in total. The lowest BCUT2D eigenvalue weighted by molar-refractivity contribution is 0.109. The summed E-state index contributed by atoms with van der Waals surface area (Å²) in [6, 6.07) is 2.35. The summed E-state index contributed by atoms with van der Waals surface area (Å²) < 4.78 is 7.90. The average Bonchev–Trinajstić information content (AvgIpc) is 2.87. The van der Waals surface area contributed by atoms with Gasteiger partial charge in [-0.25, -0.2) is 0 Å². The number of ether oxygens (including phenoxy) is 1. The van der Waals surface area contributed by atoms with E-state index in [9.17, 15) is 0 Å². The van der Waals surface area contributed by atoms with E-state index < -0.39 is 0 Å². The predicted octanol–water partition coefficient (Wildman–Crippen LogP) is 1.17. The lowest BCUT2D eigenvalue weighted by atomic mass is 10.0. The fourth-order valence-electron chi connectivity index (χ4n) is 2.83. The second-order valence-electron chi connectivity index (χ2n) is 4.59. The number of rotatable bonds is 1. The van der Waals surface area contributed by atoms with Crippen molar-refractivity contribution in [2.75, 3.05) is 19.7 Å². The summed E-state index contributed by atoms with van der Waals surface area (Å²) in [6.45, 7) is 3.99. The Morgan fingerprint density at radius 3 is 3.20 bits per heavy atom. The van der Waals surface area contributed by atoms with Gasteiger partial charge in [0.15, 0.2) is 0 Å². The van der Waals surface area contributed by atoms with Gasteiger partial charge in [0, 0.05) is 37.3 Å². The van der Waals surface area contributed by atoms with Crippen LogP contribution in [-0.2, 0) is 24.8 Å². The summed E-state index contributed by atoms with van der Waals surface area (Å²) in [7, 11) is 2.21. The Balaban J connectivity index is 1.97. The Morgan fingerprint density at radius 1 is 1.53 bits per heavy atom. The van der Waals surface area contributed by atoms with Crippen molar-refractivity contribution in [2.24, 2.45) is 7.05 Å². The van der Waals surface area contributed by atoms with Crippen LogP contribution in [0.25, 0.3) is 0 Å². The first-order chi connectivity index (χ1) is 7.36. The Morgan fingerprint density at radius 2 is 2.47 bits per heavy atom. The molecule has 3 rings (SSSR count). The molecule has 1 aromatic heterocycles. The Bertz CT molecular complexity index is 364. The molecule has 1 saturated heterocycles. The van der Waals surface area contributed by atoms with Crippen LogP contribution in [0.5, 0.6) is 0 Å². The molecular formula is C12H18N2O. The van der Waals surface area contributed by atoms with Gasteiger partial charge < -0.3 is 14.6 Å². The van der Waals surface area contributed by atoms with Gasteiger partial charge in [-0.05, 0) is 24.6 Å². The van der Waals surface area contributed by atoms with Crippen LogP contribution in [0, 0.1) is 0 Å². The molecule has 3 heterocycles. The van der Waals surface area contributed by atoms with Gasteiger partial charge in [0.25, 0.3) is 0 Å². The highest BCUT2D eigenvalue weighted by molar-refractivity contribution is 5.31. The van der Waals surface area contributed by atoms with Gasteiger partial charge in [0.2, 0.25) is 0 Å². The minimum absolute atomic E-state index is 0.709. The molecule has 1 unspecified atom stereocenters. The van der Waals surface area contributed by atoms with Crippen LogP contribution >= 0.6 is 0 Å². The molecule has 0 aromatic carbocycles. The van der Waals surface area contributed by atoms with Crippen LogP contribution < -0.4 is 5.32 Å². The maximum Gasteiger partial charge on any atom is 0.0734 e. The largest absolute Gasteiger partial charge is 0.376 e. The van der Waals surface area contributed by atoms with Gasteiger partial charge >= 0.3 is 0 Å². The van der Waals surface area contributed by atoms with E-state index in [0.717, 1.165) is 32.7 Å². The van der Waals surface area contributed by atoms with E-state index in [-0.39, 0.29) is 0 Å². The van der Waals surface area contributed by atoms with E-state index in [1.54, 1.807) is 0 Å². The monoisotopic (exact) mass is 206 g/mol. The summed E-state index contributed by atoms with van der Waals surface area (Å²) in [6.07, 6.45) is 2.35. The molecule has 2 aliphatic heterocycles. The molecule has 1 fully saturated rings. The first-order valence-electron chi connectivity index (χ1n) is 5.82. The quantitative estimate of drug-likeness (QED) is 0.746. The Hall–Kier alpha value is -0.800. The Kier molecular flexibility index (Phi) is 2.29. The van der Waals surface area contributed by atoms with Crippen LogP contribution in [0.2, 0.25) is 0 Å². The van der Waals surface area contributed by atoms with Crippen LogP contribution in [0.3, 0.4) is 0 Å². The SMILES string of the molecule is Cn1c(C2CCNC2)cc2c1CCOC2. The third-order valence-electron chi connectivity index (χ3n) is 3.70. The summed E-state index contributed by atoms with van der Waals surface area (Å²) in [5.74, 6) is 0.709. The van der Waals surface area contributed by atoms with E-state index in [0.29, 0.717) is 5.92 Å². The second kappa shape index (κ2) is 3.65. The molecule has 82 valence electrons. The second-order valence-corrected chi connectivity index (χ2v) is 4.59. The Labute approximate surface area is 90.4 Å². The van der Waals surface area contributed by atoms with Crippen molar-refractivity contribution in [3.8, 4) is 0 Å². The maximum atomic E-state index is 5.50. The molecule has 0 aliphatic carbocycles. The van der Waals surface area contributed by atoms with Crippen LogP contribution in [0.1, 0.15) is 29.3 Å². The fraction of sp³-hybridized carbons (Fsp3) is 0.667. The number of nitrogens with one attached hydrogen (secondary N) is 1. The van der Waals surface area contributed by atoms with Crippen molar-refractivity contribution in [2.45, 2.75) is 25.4 Å². The number of aromatic nitrogens is 1. The molecule has 1 atom stereocenters. The first-order valence-corrected chi connectivity index (χ1v) is 5.82. The molecule has 15 heavy (non-hydrogen) atoms. The molecule has 0 radical (unpaired) electrons. The maximum absolute atomic E-state index is 5.50. The van der Waals surface area contributed by atoms with Crippen LogP contribution in [-0.4, -0.2) is 24.3 Å². The highest BCUT2D eigenvalue weighted by Crippen LogP contribution is 2.28. The van der Waals surface area contributed by atoms with Crippen LogP contribution in [0.4, 0.5) is 0 Å². The summed E-state index contributed by atoms with van der Waals surface area (Å²) in [5.41, 5.74) is 4.39. The van der Waals surface area contributed by atoms with Crippen LogP contribution in [0.15, 0.2) is 6.07 Å². The average molecular weight is 206 g/mol. The summed E-state index contributed by atoms with van der Waals surface area (Å²) >= 11 is 0. The molecular weight excluding hydrogens is 188 g/mol. The molecule has 0 saturated carbocycles. The number of hydrogen-bond acceptors (Lipinski definition) is 2. The van der Waals surface area contributed by atoms with Crippen molar-refractivity contribution >= 4 is 0 Å². The minimum Gasteiger partial charge on any atom is -0.376 e. The van der Waals surface area contributed by atoms with E-state index in [1.165, 1.54) is 23.4 Å². The van der Waals surface area contributed by atoms with Crippen molar-refractivity contribution in [3.63, 3.8) is 0 Å². The zero-order chi connectivity index (χ0) is 10.3. The molecule has 3 heteroatoms. The predicted molar refractivity (Wildman–Crippen MR) is 59.0 cm³/mol. The normalized spacial score (nSPS) is 25.5. The molecule has 0 amide bonds. The standard InChI is InChI=1S/C12H18N2O/c1-14-11-3-5-15-8-10(11)6-12(14)9-2-4-13-7-9/h6,9,13H,2-5,7-8H2,1H3. The highest BCUT2D eigenvalue weighted by Gasteiger charge is 2.23. The van der Waals surface area contributed by atoms with Gasteiger partial charge in [0.1, 0.15) is 0 Å². The van der Waals surface area contributed by atoms with E-state index in [2.05, 4.69) is 23.0 Å². The van der Waals surface area contributed by atoms with E-state index in [1.807, 2.05) is 0 Å². The first kappa shape index (κ1) is 9.43. The molecule has 1 N–H and O–H groups in total. The smallest absolute Gasteiger partial charge is 0.0734 e. The minimum atomic E-state index is 0.709. The zero-order valence-corrected chi connectivity index (χ0v) is 9.25. The molecule has 0 spiro atoms.